The largest absolute Gasteiger partial charge is 0.469 e. The summed E-state index contributed by atoms with van der Waals surface area (Å²) >= 11 is 0. The molecule has 0 heterocycles. The number of hydrogen-bond donors (Lipinski definition) is 0. The molecule has 0 saturated heterocycles. The van der Waals surface area contributed by atoms with Crippen molar-refractivity contribution in [2.45, 2.75) is 85.4 Å². The summed E-state index contributed by atoms with van der Waals surface area (Å²) in [7, 11) is 1.33. The number of carbonyl (C=O) groups excluding carboxylic acids is 2. The first-order valence-electron chi connectivity index (χ1n) is 11.6. The minimum Gasteiger partial charge on any atom is -0.469 e. The molecule has 0 unspecified atom stereocenters. The van der Waals surface area contributed by atoms with E-state index in [4.69, 9.17) is 4.74 Å². The lowest BCUT2D eigenvalue weighted by atomic mass is 9.49. The highest BCUT2D eigenvalue weighted by atomic mass is 16.5. The summed E-state index contributed by atoms with van der Waals surface area (Å²) < 4.78 is 11.1. The molecule has 0 aromatic heterocycles. The monoisotopic (exact) mass is 426 g/mol. The molecule has 170 valence electrons. The first kappa shape index (κ1) is 23.7. The number of ether oxygens (including phenoxy) is 2. The molecule has 0 aliphatic heterocycles. The van der Waals surface area contributed by atoms with Gasteiger partial charge in [-0.1, -0.05) is 62.2 Å². The molecule has 2 aliphatic rings. The Morgan fingerprint density at radius 2 is 1.81 bits per heavy atom. The topological polar surface area (TPSA) is 52.6 Å². The predicted molar refractivity (Wildman–Crippen MR) is 122 cm³/mol. The van der Waals surface area contributed by atoms with Crippen LogP contribution in [0.2, 0.25) is 0 Å². The zero-order valence-electron chi connectivity index (χ0n) is 19.8. The number of rotatable bonds is 8. The van der Waals surface area contributed by atoms with Crippen LogP contribution in [0.4, 0.5) is 0 Å². The molecule has 1 fully saturated rings. The molecule has 1 saturated carbocycles. The van der Waals surface area contributed by atoms with Gasteiger partial charge in [0.25, 0.3) is 0 Å². The molecule has 4 nitrogen and oxygen atoms in total. The quantitative estimate of drug-likeness (QED) is 0.289. The number of benzene rings is 1. The van der Waals surface area contributed by atoms with Gasteiger partial charge in [0.2, 0.25) is 0 Å². The lowest BCUT2D eigenvalue weighted by molar-refractivity contribution is -0.143. The number of fused-ring (bicyclic) bond motifs is 1. The zero-order chi connectivity index (χ0) is 22.6. The minimum absolute atomic E-state index is 0.0305. The zero-order valence-corrected chi connectivity index (χ0v) is 19.8. The van der Waals surface area contributed by atoms with E-state index in [9.17, 15) is 9.59 Å². The van der Waals surface area contributed by atoms with Crippen molar-refractivity contribution < 1.29 is 19.1 Å². The maximum Gasteiger partial charge on any atom is 0.313 e. The van der Waals surface area contributed by atoms with E-state index >= 15 is 0 Å². The lowest BCUT2D eigenvalue weighted by Crippen LogP contribution is -2.52. The molecule has 1 aromatic rings. The molecule has 3 rings (SSSR count). The van der Waals surface area contributed by atoms with Crippen LogP contribution in [0.1, 0.15) is 78.2 Å². The SMILES string of the molecule is COC(=O)CC(=O)CCC1=C(C)CC[C@H]2C(C)(C)[C@@H](OCc3ccccc3)CC[C@]12C. The summed E-state index contributed by atoms with van der Waals surface area (Å²) in [4.78, 5) is 23.7. The van der Waals surface area contributed by atoms with Crippen LogP contribution >= 0.6 is 0 Å². The number of hydrogen-bond acceptors (Lipinski definition) is 4. The Kier molecular flexibility index (Phi) is 7.41. The summed E-state index contributed by atoms with van der Waals surface area (Å²) in [5.74, 6) is 0.0431. The summed E-state index contributed by atoms with van der Waals surface area (Å²) in [6.07, 6.45) is 5.63. The van der Waals surface area contributed by atoms with E-state index in [2.05, 4.69) is 56.7 Å². The highest BCUT2D eigenvalue weighted by Crippen LogP contribution is 2.61. The molecule has 31 heavy (non-hydrogen) atoms. The molecule has 4 heteroatoms. The maximum absolute atomic E-state index is 12.3. The molecule has 1 aromatic carbocycles. The number of esters is 1. The minimum atomic E-state index is -0.444. The van der Waals surface area contributed by atoms with Crippen LogP contribution in [-0.4, -0.2) is 25.0 Å². The van der Waals surface area contributed by atoms with E-state index in [0.717, 1.165) is 25.7 Å². The molecule has 2 aliphatic carbocycles. The van der Waals surface area contributed by atoms with Crippen molar-refractivity contribution in [3.05, 3.63) is 47.0 Å². The molecular weight excluding hydrogens is 388 g/mol. The molecule has 0 radical (unpaired) electrons. The van der Waals surface area contributed by atoms with Crippen molar-refractivity contribution in [3.63, 3.8) is 0 Å². The van der Waals surface area contributed by atoms with Crippen LogP contribution in [0.3, 0.4) is 0 Å². The highest BCUT2D eigenvalue weighted by molar-refractivity contribution is 5.95. The van der Waals surface area contributed by atoms with Gasteiger partial charge in [0.15, 0.2) is 0 Å². The fraction of sp³-hybridized carbons (Fsp3) is 0.630. The van der Waals surface area contributed by atoms with Gasteiger partial charge in [0.05, 0.1) is 19.8 Å². The standard InChI is InChI=1S/C27H38O4/c1-19-11-14-23-26(2,3)24(31-18-20-9-7-6-8-10-20)15-16-27(23,4)22(19)13-12-21(28)17-25(29)30-5/h6-10,23-24H,11-18H2,1-5H3/t23-,24-,27+/m0/s1. The van der Waals surface area contributed by atoms with E-state index in [-0.39, 0.29) is 29.1 Å². The Balaban J connectivity index is 1.71. The van der Waals surface area contributed by atoms with Crippen LogP contribution in [0.5, 0.6) is 0 Å². The molecule has 0 amide bonds. The van der Waals surface area contributed by atoms with Gasteiger partial charge in [-0.15, -0.1) is 0 Å². The smallest absolute Gasteiger partial charge is 0.313 e. The van der Waals surface area contributed by atoms with Crippen molar-refractivity contribution in [3.8, 4) is 0 Å². The third-order valence-corrected chi connectivity index (χ3v) is 7.95. The van der Waals surface area contributed by atoms with Gasteiger partial charge < -0.3 is 9.47 Å². The maximum atomic E-state index is 12.3. The van der Waals surface area contributed by atoms with Crippen LogP contribution in [-0.2, 0) is 25.7 Å². The van der Waals surface area contributed by atoms with Crippen LogP contribution in [0.25, 0.3) is 0 Å². The average Bonchev–Trinajstić information content (AvgIpc) is 2.73. The van der Waals surface area contributed by atoms with Crippen molar-refractivity contribution in [1.82, 2.24) is 0 Å². The van der Waals surface area contributed by atoms with Gasteiger partial charge in [-0.2, -0.15) is 0 Å². The molecular formula is C27H38O4. The highest BCUT2D eigenvalue weighted by Gasteiger charge is 2.54. The van der Waals surface area contributed by atoms with Crippen LogP contribution in [0.15, 0.2) is 41.5 Å². The fourth-order valence-corrected chi connectivity index (χ4v) is 6.23. The third kappa shape index (κ3) is 5.11. The van der Waals surface area contributed by atoms with Crippen molar-refractivity contribution in [1.29, 1.82) is 0 Å². The van der Waals surface area contributed by atoms with Gasteiger partial charge in [0.1, 0.15) is 12.2 Å². The third-order valence-electron chi connectivity index (χ3n) is 7.95. The van der Waals surface area contributed by atoms with Gasteiger partial charge in [-0.25, -0.2) is 0 Å². The Morgan fingerprint density at radius 1 is 1.10 bits per heavy atom. The van der Waals surface area contributed by atoms with Crippen molar-refractivity contribution in [2.75, 3.05) is 7.11 Å². The first-order chi connectivity index (χ1) is 14.7. The van der Waals surface area contributed by atoms with Crippen LogP contribution < -0.4 is 0 Å². The molecule has 0 bridgehead atoms. The molecule has 0 N–H and O–H groups in total. The second-order valence-electron chi connectivity index (χ2n) is 10.2. The van der Waals surface area contributed by atoms with E-state index in [1.807, 2.05) is 6.07 Å². The fourth-order valence-electron chi connectivity index (χ4n) is 6.23. The second kappa shape index (κ2) is 9.68. The van der Waals surface area contributed by atoms with E-state index in [1.165, 1.54) is 30.2 Å². The van der Waals surface area contributed by atoms with E-state index in [0.29, 0.717) is 18.9 Å². The second-order valence-corrected chi connectivity index (χ2v) is 10.2. The number of Topliss-reactive ketones (excluding diaryl/α,β-unsaturated/α-hetero) is 1. The molecule has 0 spiro atoms. The number of methoxy groups -OCH3 is 1. The summed E-state index contributed by atoms with van der Waals surface area (Å²) in [6, 6.07) is 10.4. The van der Waals surface area contributed by atoms with E-state index < -0.39 is 5.97 Å². The van der Waals surface area contributed by atoms with Gasteiger partial charge in [0, 0.05) is 6.42 Å². The summed E-state index contributed by atoms with van der Waals surface area (Å²) in [6.45, 7) is 10.0. The summed E-state index contributed by atoms with van der Waals surface area (Å²) in [5, 5.41) is 0. The predicted octanol–water partition coefficient (Wildman–Crippen LogP) is 6.04. The molecule has 3 atom stereocenters. The lowest BCUT2D eigenvalue weighted by Gasteiger charge is -2.58. The normalized spacial score (nSPS) is 27.5. The van der Waals surface area contributed by atoms with Gasteiger partial charge in [-0.3, -0.25) is 9.59 Å². The van der Waals surface area contributed by atoms with Gasteiger partial charge >= 0.3 is 5.97 Å². The Labute approximate surface area is 187 Å². The number of ketones is 1. The Morgan fingerprint density at radius 3 is 2.48 bits per heavy atom. The van der Waals surface area contributed by atoms with Gasteiger partial charge in [-0.05, 0) is 61.3 Å². The average molecular weight is 427 g/mol. The van der Waals surface area contributed by atoms with Crippen molar-refractivity contribution in [2.24, 2.45) is 16.7 Å². The Hall–Kier alpha value is -1.94. The Bertz CT molecular complexity index is 823. The van der Waals surface area contributed by atoms with E-state index in [1.54, 1.807) is 0 Å². The van der Waals surface area contributed by atoms with Crippen molar-refractivity contribution >= 4 is 11.8 Å². The number of carbonyl (C=O) groups is 2. The number of allylic oxidation sites excluding steroid dienone is 2. The summed E-state index contributed by atoms with van der Waals surface area (Å²) in [5.41, 5.74) is 4.24. The van der Waals surface area contributed by atoms with Crippen LogP contribution in [0, 0.1) is 16.7 Å². The first-order valence-corrected chi connectivity index (χ1v) is 11.6.